The molecule has 0 aliphatic heterocycles. The van der Waals surface area contributed by atoms with Gasteiger partial charge >= 0.3 is 0 Å². The molecule has 0 aliphatic rings. The highest BCUT2D eigenvalue weighted by atomic mass is 16.5. The van der Waals surface area contributed by atoms with Gasteiger partial charge in [0.2, 0.25) is 0 Å². The summed E-state index contributed by atoms with van der Waals surface area (Å²) >= 11 is 0. The van der Waals surface area contributed by atoms with Crippen molar-refractivity contribution in [3.63, 3.8) is 0 Å². The normalized spacial score (nSPS) is 12.0. The van der Waals surface area contributed by atoms with E-state index in [4.69, 9.17) is 4.74 Å². The summed E-state index contributed by atoms with van der Waals surface area (Å²) in [5.41, 5.74) is 2.31. The quantitative estimate of drug-likeness (QED) is 0.722. The molecule has 1 heterocycles. The van der Waals surface area contributed by atoms with Gasteiger partial charge in [0, 0.05) is 12.2 Å². The maximum Gasteiger partial charge on any atom is 0.271 e. The van der Waals surface area contributed by atoms with Gasteiger partial charge < -0.3 is 15.2 Å². The maximum absolute atomic E-state index is 11.9. The Hall–Kier alpha value is -2.34. The molecule has 1 aromatic heterocycles. The van der Waals surface area contributed by atoms with Crippen molar-refractivity contribution < 1.29 is 14.6 Å². The van der Waals surface area contributed by atoms with Crippen molar-refractivity contribution in [3.8, 4) is 5.75 Å². The van der Waals surface area contributed by atoms with E-state index in [0.717, 1.165) is 17.7 Å². The number of aryl methyl sites for hydroxylation is 2. The van der Waals surface area contributed by atoms with E-state index in [9.17, 15) is 9.90 Å². The van der Waals surface area contributed by atoms with Crippen LogP contribution in [0.1, 0.15) is 28.7 Å². The monoisotopic (exact) mass is 303 g/mol. The smallest absolute Gasteiger partial charge is 0.271 e. The molecule has 6 nitrogen and oxygen atoms in total. The average molecular weight is 303 g/mol. The van der Waals surface area contributed by atoms with Crippen LogP contribution in [0, 0.1) is 6.92 Å². The molecule has 0 saturated carbocycles. The largest absolute Gasteiger partial charge is 0.491 e. The summed E-state index contributed by atoms with van der Waals surface area (Å²) in [5, 5.41) is 19.2. The minimum Gasteiger partial charge on any atom is -0.491 e. The Kier molecular flexibility index (Phi) is 5.55. The van der Waals surface area contributed by atoms with Crippen molar-refractivity contribution in [2.75, 3.05) is 13.2 Å². The number of H-pyrrole nitrogens is 1. The Morgan fingerprint density at radius 2 is 2.27 bits per heavy atom. The Balaban J connectivity index is 1.75. The highest BCUT2D eigenvalue weighted by Gasteiger charge is 2.12. The molecule has 0 bridgehead atoms. The van der Waals surface area contributed by atoms with Gasteiger partial charge in [0.15, 0.2) is 0 Å². The molecule has 2 aromatic rings. The SMILES string of the molecule is CCc1cc(C(=O)NCC(O)COc2cccc(C)c2)n[nH]1. The number of rotatable bonds is 7. The van der Waals surface area contributed by atoms with Crippen molar-refractivity contribution in [3.05, 3.63) is 47.3 Å². The summed E-state index contributed by atoms with van der Waals surface area (Å²) in [7, 11) is 0. The standard InChI is InChI=1S/C16H21N3O3/c1-3-12-8-15(19-18-12)16(21)17-9-13(20)10-22-14-6-4-5-11(2)7-14/h4-8,13,20H,3,9-10H2,1-2H3,(H,17,21)(H,18,19). The van der Waals surface area contributed by atoms with Gasteiger partial charge in [-0.15, -0.1) is 0 Å². The first kappa shape index (κ1) is 16.0. The molecule has 118 valence electrons. The fourth-order valence-electron chi connectivity index (χ4n) is 1.92. The van der Waals surface area contributed by atoms with E-state index in [1.165, 1.54) is 0 Å². The lowest BCUT2D eigenvalue weighted by molar-refractivity contribution is 0.0840. The summed E-state index contributed by atoms with van der Waals surface area (Å²) in [6.45, 7) is 4.17. The summed E-state index contributed by atoms with van der Waals surface area (Å²) in [5.74, 6) is 0.385. The molecule has 1 aromatic carbocycles. The molecule has 22 heavy (non-hydrogen) atoms. The summed E-state index contributed by atoms with van der Waals surface area (Å²) in [6.07, 6.45) is 0.00167. The second kappa shape index (κ2) is 7.61. The van der Waals surface area contributed by atoms with Gasteiger partial charge in [0.05, 0.1) is 0 Å². The second-order valence-electron chi connectivity index (χ2n) is 5.12. The van der Waals surface area contributed by atoms with Gasteiger partial charge in [0.1, 0.15) is 24.2 Å². The van der Waals surface area contributed by atoms with E-state index in [0.29, 0.717) is 11.4 Å². The number of carbonyl (C=O) groups is 1. The Labute approximate surface area is 129 Å². The first-order chi connectivity index (χ1) is 10.6. The molecular weight excluding hydrogens is 282 g/mol. The number of aromatic nitrogens is 2. The van der Waals surface area contributed by atoms with Crippen LogP contribution in [-0.4, -0.2) is 40.5 Å². The van der Waals surface area contributed by atoms with E-state index in [-0.39, 0.29) is 19.1 Å². The van der Waals surface area contributed by atoms with Crippen LogP contribution in [0.3, 0.4) is 0 Å². The number of hydrogen-bond donors (Lipinski definition) is 3. The molecule has 3 N–H and O–H groups in total. The van der Waals surface area contributed by atoms with Gasteiger partial charge in [-0.2, -0.15) is 5.10 Å². The molecule has 1 unspecified atom stereocenters. The number of hydrogen-bond acceptors (Lipinski definition) is 4. The van der Waals surface area contributed by atoms with Crippen molar-refractivity contribution in [1.82, 2.24) is 15.5 Å². The number of ether oxygens (including phenoxy) is 1. The van der Waals surface area contributed by atoms with Crippen LogP contribution in [0.5, 0.6) is 5.75 Å². The van der Waals surface area contributed by atoms with Gasteiger partial charge in [-0.25, -0.2) is 0 Å². The number of amides is 1. The van der Waals surface area contributed by atoms with Crippen molar-refractivity contribution in [2.24, 2.45) is 0 Å². The molecule has 0 aliphatic carbocycles. The van der Waals surface area contributed by atoms with Crippen LogP contribution in [-0.2, 0) is 6.42 Å². The number of aliphatic hydroxyl groups is 1. The third kappa shape index (κ3) is 4.60. The number of aromatic amines is 1. The summed E-state index contributed by atoms with van der Waals surface area (Å²) in [4.78, 5) is 11.9. The second-order valence-corrected chi connectivity index (χ2v) is 5.12. The molecular formula is C16H21N3O3. The Morgan fingerprint density at radius 1 is 1.45 bits per heavy atom. The van der Waals surface area contributed by atoms with E-state index in [1.54, 1.807) is 6.07 Å². The molecule has 1 amide bonds. The molecule has 2 rings (SSSR count). The predicted octanol–water partition coefficient (Wildman–Crippen LogP) is 1.45. The zero-order valence-electron chi connectivity index (χ0n) is 12.8. The van der Waals surface area contributed by atoms with Gasteiger partial charge in [-0.05, 0) is 37.1 Å². The molecule has 0 saturated heterocycles. The van der Waals surface area contributed by atoms with Crippen LogP contribution in [0.15, 0.2) is 30.3 Å². The van der Waals surface area contributed by atoms with E-state index in [1.807, 2.05) is 38.1 Å². The minimum absolute atomic E-state index is 0.110. The fraction of sp³-hybridized carbons (Fsp3) is 0.375. The van der Waals surface area contributed by atoms with Gasteiger partial charge in [-0.1, -0.05) is 19.1 Å². The van der Waals surface area contributed by atoms with E-state index in [2.05, 4.69) is 15.5 Å². The average Bonchev–Trinajstić information content (AvgIpc) is 3.00. The lowest BCUT2D eigenvalue weighted by atomic mass is 10.2. The maximum atomic E-state index is 11.9. The zero-order chi connectivity index (χ0) is 15.9. The lowest BCUT2D eigenvalue weighted by Crippen LogP contribution is -2.35. The molecule has 0 spiro atoms. The van der Waals surface area contributed by atoms with Crippen molar-refractivity contribution in [1.29, 1.82) is 0 Å². The summed E-state index contributed by atoms with van der Waals surface area (Å²) < 4.78 is 5.49. The lowest BCUT2D eigenvalue weighted by Gasteiger charge is -2.13. The van der Waals surface area contributed by atoms with Crippen LogP contribution in [0.25, 0.3) is 0 Å². The summed E-state index contributed by atoms with van der Waals surface area (Å²) in [6, 6.07) is 9.28. The van der Waals surface area contributed by atoms with Crippen molar-refractivity contribution in [2.45, 2.75) is 26.4 Å². The van der Waals surface area contributed by atoms with E-state index >= 15 is 0 Å². The van der Waals surface area contributed by atoms with E-state index < -0.39 is 6.10 Å². The predicted molar refractivity (Wildman–Crippen MR) is 83.0 cm³/mol. The topological polar surface area (TPSA) is 87.2 Å². The van der Waals surface area contributed by atoms with Crippen LogP contribution < -0.4 is 10.1 Å². The molecule has 0 fully saturated rings. The first-order valence-corrected chi connectivity index (χ1v) is 7.28. The third-order valence-corrected chi connectivity index (χ3v) is 3.17. The number of benzene rings is 1. The van der Waals surface area contributed by atoms with Gasteiger partial charge in [0.25, 0.3) is 5.91 Å². The fourth-order valence-corrected chi connectivity index (χ4v) is 1.92. The van der Waals surface area contributed by atoms with Crippen LogP contribution >= 0.6 is 0 Å². The number of nitrogens with zero attached hydrogens (tertiary/aromatic N) is 1. The minimum atomic E-state index is -0.783. The van der Waals surface area contributed by atoms with Crippen molar-refractivity contribution >= 4 is 5.91 Å². The Bertz CT molecular complexity index is 625. The first-order valence-electron chi connectivity index (χ1n) is 7.28. The highest BCUT2D eigenvalue weighted by molar-refractivity contribution is 5.92. The van der Waals surface area contributed by atoms with Gasteiger partial charge in [-0.3, -0.25) is 9.89 Å². The Morgan fingerprint density at radius 3 is 2.95 bits per heavy atom. The third-order valence-electron chi connectivity index (χ3n) is 3.17. The number of carbonyl (C=O) groups excluding carboxylic acids is 1. The highest BCUT2D eigenvalue weighted by Crippen LogP contribution is 2.12. The van der Waals surface area contributed by atoms with Crippen LogP contribution in [0.2, 0.25) is 0 Å². The number of aliphatic hydroxyl groups excluding tert-OH is 1. The van der Waals surface area contributed by atoms with Crippen LogP contribution in [0.4, 0.5) is 0 Å². The molecule has 6 heteroatoms. The molecule has 1 atom stereocenters. The number of nitrogens with one attached hydrogen (secondary N) is 2. The molecule has 0 radical (unpaired) electrons. The zero-order valence-corrected chi connectivity index (χ0v) is 12.8.